The molecule has 2 aliphatic rings. The van der Waals surface area contributed by atoms with Crippen molar-refractivity contribution in [2.24, 2.45) is 0 Å². The molecule has 0 aliphatic carbocycles. The van der Waals surface area contributed by atoms with Crippen LogP contribution in [0.1, 0.15) is 17.2 Å². The number of hydrogen-bond donors (Lipinski definition) is 1. The fraction of sp³-hybridized carbons (Fsp3) is 0.160. The van der Waals surface area contributed by atoms with Crippen LogP contribution in [-0.4, -0.2) is 38.2 Å². The van der Waals surface area contributed by atoms with Crippen molar-refractivity contribution >= 4 is 15.7 Å². The van der Waals surface area contributed by atoms with E-state index in [0.717, 1.165) is 0 Å². The van der Waals surface area contributed by atoms with E-state index in [9.17, 15) is 18.3 Å². The molecular formula is C25H21NO7S. The highest BCUT2D eigenvalue weighted by Crippen LogP contribution is 2.44. The molecule has 2 heterocycles. The zero-order chi connectivity index (χ0) is 23.9. The van der Waals surface area contributed by atoms with Gasteiger partial charge in [-0.2, -0.15) is 0 Å². The third kappa shape index (κ3) is 3.63. The third-order valence-electron chi connectivity index (χ3n) is 5.82. The highest BCUT2D eigenvalue weighted by Gasteiger charge is 2.46. The normalized spacial score (nSPS) is 17.4. The minimum Gasteiger partial charge on any atom is -0.502 e. The average Bonchev–Trinajstić information content (AvgIpc) is 3.43. The van der Waals surface area contributed by atoms with E-state index in [1.165, 1.54) is 24.1 Å². The minimum absolute atomic E-state index is 0.00667. The molecule has 3 aromatic carbocycles. The maximum Gasteiger partial charge on any atom is 0.290 e. The van der Waals surface area contributed by atoms with E-state index in [4.69, 9.17) is 14.2 Å². The summed E-state index contributed by atoms with van der Waals surface area (Å²) >= 11 is 0. The van der Waals surface area contributed by atoms with Crippen LogP contribution in [0, 0.1) is 0 Å². The van der Waals surface area contributed by atoms with Gasteiger partial charge in [0.05, 0.1) is 18.0 Å². The lowest BCUT2D eigenvalue weighted by molar-refractivity contribution is -0.130. The third-order valence-corrected chi connectivity index (χ3v) is 7.71. The van der Waals surface area contributed by atoms with Gasteiger partial charge < -0.3 is 24.2 Å². The number of sulfone groups is 1. The number of carbonyl (C=O) groups is 1. The van der Waals surface area contributed by atoms with Gasteiger partial charge in [-0.3, -0.25) is 4.79 Å². The maximum absolute atomic E-state index is 13.6. The SMILES string of the molecule is COc1ccc([C@H]2C(S(=O)(=O)c3ccccc3)=C(O)C(=O)N2Cc2ccc3c(c2)OCO3)cc1. The van der Waals surface area contributed by atoms with Crippen LogP contribution in [0.3, 0.4) is 0 Å². The van der Waals surface area contributed by atoms with E-state index in [1.807, 2.05) is 0 Å². The number of aliphatic hydroxyl groups is 1. The molecule has 0 bridgehead atoms. The average molecular weight is 480 g/mol. The van der Waals surface area contributed by atoms with Gasteiger partial charge >= 0.3 is 0 Å². The number of nitrogens with zero attached hydrogens (tertiary/aromatic N) is 1. The van der Waals surface area contributed by atoms with Gasteiger partial charge in [0.25, 0.3) is 5.91 Å². The molecule has 0 saturated heterocycles. The Morgan fingerprint density at radius 3 is 2.41 bits per heavy atom. The summed E-state index contributed by atoms with van der Waals surface area (Å²) in [7, 11) is -2.65. The number of fused-ring (bicyclic) bond motifs is 1. The summed E-state index contributed by atoms with van der Waals surface area (Å²) in [4.78, 5) is 14.2. The Hall–Kier alpha value is -3.98. The van der Waals surface area contributed by atoms with Crippen molar-refractivity contribution < 1.29 is 32.5 Å². The first-order chi connectivity index (χ1) is 16.4. The van der Waals surface area contributed by atoms with Crippen molar-refractivity contribution in [1.82, 2.24) is 4.90 Å². The molecule has 3 aromatic rings. The second-order valence-corrected chi connectivity index (χ2v) is 9.74. The molecule has 0 aromatic heterocycles. The highest BCUT2D eigenvalue weighted by molar-refractivity contribution is 7.95. The van der Waals surface area contributed by atoms with Crippen LogP contribution in [0.2, 0.25) is 0 Å². The summed E-state index contributed by atoms with van der Waals surface area (Å²) in [5, 5.41) is 10.8. The molecule has 0 unspecified atom stereocenters. The van der Waals surface area contributed by atoms with Gasteiger partial charge in [-0.25, -0.2) is 8.42 Å². The summed E-state index contributed by atoms with van der Waals surface area (Å²) in [6, 6.07) is 18.7. The van der Waals surface area contributed by atoms with Gasteiger partial charge in [-0.15, -0.1) is 0 Å². The molecule has 0 spiro atoms. The first-order valence-electron chi connectivity index (χ1n) is 10.5. The number of carbonyl (C=O) groups excluding carboxylic acids is 1. The smallest absolute Gasteiger partial charge is 0.290 e. The number of methoxy groups -OCH3 is 1. The summed E-state index contributed by atoms with van der Waals surface area (Å²) in [6.07, 6.45) is 0. The second kappa shape index (κ2) is 8.42. The molecule has 0 fully saturated rings. The van der Waals surface area contributed by atoms with Crippen LogP contribution in [0.5, 0.6) is 17.2 Å². The molecule has 2 aliphatic heterocycles. The van der Waals surface area contributed by atoms with E-state index < -0.39 is 27.5 Å². The molecule has 174 valence electrons. The van der Waals surface area contributed by atoms with Crippen molar-refractivity contribution in [3.63, 3.8) is 0 Å². The standard InChI is InChI=1S/C25H21NO7S/c1-31-18-10-8-17(9-11-18)22-24(34(29,30)19-5-3-2-4-6-19)23(27)25(28)26(22)14-16-7-12-20-21(13-16)33-15-32-20/h2-13,22,27H,14-15H2,1H3/t22-/m0/s1. The Bertz CT molecular complexity index is 1380. The van der Waals surface area contributed by atoms with Gasteiger partial charge in [-0.1, -0.05) is 36.4 Å². The monoisotopic (exact) mass is 479 g/mol. The molecule has 1 atom stereocenters. The molecule has 9 heteroatoms. The fourth-order valence-corrected chi connectivity index (χ4v) is 5.82. The molecule has 0 radical (unpaired) electrons. The van der Waals surface area contributed by atoms with Crippen molar-refractivity contribution in [2.45, 2.75) is 17.5 Å². The summed E-state index contributed by atoms with van der Waals surface area (Å²) in [5.41, 5.74) is 1.22. The largest absolute Gasteiger partial charge is 0.502 e. The van der Waals surface area contributed by atoms with Gasteiger partial charge in [0.1, 0.15) is 10.7 Å². The molecule has 5 rings (SSSR count). The molecule has 8 nitrogen and oxygen atoms in total. The minimum atomic E-state index is -4.18. The summed E-state index contributed by atoms with van der Waals surface area (Å²) < 4.78 is 43.2. The van der Waals surface area contributed by atoms with Crippen molar-refractivity contribution in [3.05, 3.63) is 94.6 Å². The molecule has 34 heavy (non-hydrogen) atoms. The van der Waals surface area contributed by atoms with E-state index in [0.29, 0.717) is 28.4 Å². The number of aliphatic hydroxyl groups excluding tert-OH is 1. The first-order valence-corrected chi connectivity index (χ1v) is 11.9. The zero-order valence-corrected chi connectivity index (χ0v) is 19.0. The molecule has 1 N–H and O–H groups in total. The lowest BCUT2D eigenvalue weighted by Gasteiger charge is -2.27. The molecule has 1 amide bonds. The number of ether oxygens (including phenoxy) is 3. The van der Waals surface area contributed by atoms with Crippen LogP contribution < -0.4 is 14.2 Å². The van der Waals surface area contributed by atoms with Gasteiger partial charge in [0, 0.05) is 6.54 Å². The topological polar surface area (TPSA) is 102 Å². The highest BCUT2D eigenvalue weighted by atomic mass is 32.2. The number of amides is 1. The van der Waals surface area contributed by atoms with Crippen molar-refractivity contribution in [1.29, 1.82) is 0 Å². The van der Waals surface area contributed by atoms with Crippen LogP contribution in [0.4, 0.5) is 0 Å². The lowest BCUT2D eigenvalue weighted by Crippen LogP contribution is -2.30. The van der Waals surface area contributed by atoms with Gasteiger partial charge in [0.2, 0.25) is 16.6 Å². The van der Waals surface area contributed by atoms with Crippen LogP contribution in [-0.2, 0) is 21.2 Å². The van der Waals surface area contributed by atoms with Crippen molar-refractivity contribution in [2.75, 3.05) is 13.9 Å². The van der Waals surface area contributed by atoms with Gasteiger partial charge in [0.15, 0.2) is 17.3 Å². The predicted octanol–water partition coefficient (Wildman–Crippen LogP) is 3.75. The van der Waals surface area contributed by atoms with Crippen LogP contribution in [0.25, 0.3) is 0 Å². The van der Waals surface area contributed by atoms with Crippen LogP contribution >= 0.6 is 0 Å². The predicted molar refractivity (Wildman–Crippen MR) is 122 cm³/mol. The Kier molecular flexibility index (Phi) is 5.41. The number of hydrogen-bond acceptors (Lipinski definition) is 7. The van der Waals surface area contributed by atoms with E-state index in [2.05, 4.69) is 0 Å². The molecular weight excluding hydrogens is 458 g/mol. The second-order valence-electron chi connectivity index (χ2n) is 7.83. The Labute approximate surface area is 196 Å². The fourth-order valence-electron chi connectivity index (χ4n) is 4.15. The Morgan fingerprint density at radius 1 is 1.00 bits per heavy atom. The summed E-state index contributed by atoms with van der Waals surface area (Å²) in [5.74, 6) is 0.158. The van der Waals surface area contributed by atoms with E-state index in [1.54, 1.807) is 60.7 Å². The number of benzene rings is 3. The quantitative estimate of drug-likeness (QED) is 0.574. The Morgan fingerprint density at radius 2 is 1.71 bits per heavy atom. The van der Waals surface area contributed by atoms with Crippen LogP contribution in [0.15, 0.2) is 88.4 Å². The number of rotatable bonds is 6. The van der Waals surface area contributed by atoms with Gasteiger partial charge in [-0.05, 0) is 47.5 Å². The summed E-state index contributed by atoms with van der Waals surface area (Å²) in [6.45, 7) is 0.155. The lowest BCUT2D eigenvalue weighted by atomic mass is 10.1. The Balaban J connectivity index is 1.60. The van der Waals surface area contributed by atoms with E-state index in [-0.39, 0.29) is 23.1 Å². The van der Waals surface area contributed by atoms with E-state index >= 15 is 0 Å². The molecule has 0 saturated carbocycles. The first kappa shape index (κ1) is 21.8. The zero-order valence-electron chi connectivity index (χ0n) is 18.2. The van der Waals surface area contributed by atoms with Crippen molar-refractivity contribution in [3.8, 4) is 17.2 Å². The maximum atomic E-state index is 13.6.